The largest absolute Gasteiger partial charge is 0.472 e. The molecule has 2 saturated heterocycles. The van der Waals surface area contributed by atoms with Gasteiger partial charge in [-0.05, 0) is 31.6 Å². The van der Waals surface area contributed by atoms with Crippen LogP contribution in [0.3, 0.4) is 0 Å². The van der Waals surface area contributed by atoms with Crippen LogP contribution in [0.1, 0.15) is 458 Å². The Morgan fingerprint density at radius 2 is 0.610 bits per heavy atom. The van der Waals surface area contributed by atoms with Crippen molar-refractivity contribution >= 4 is 31.7 Å². The summed E-state index contributed by atoms with van der Waals surface area (Å²) in [6, 6.07) is 0. The Labute approximate surface area is 744 Å². The van der Waals surface area contributed by atoms with Crippen LogP contribution in [-0.2, 0) is 70.7 Å². The summed E-state index contributed by atoms with van der Waals surface area (Å²) in [5, 5.41) is 103. The summed E-state index contributed by atoms with van der Waals surface area (Å²) in [5.74, 6) is -2.31. The predicted octanol–water partition coefficient (Wildman–Crippen LogP) is 20.0. The van der Waals surface area contributed by atoms with Gasteiger partial charge < -0.3 is 88.7 Å². The topological polar surface area (TPSA) is 380 Å². The number of ether oxygens (including phenoxy) is 8. The van der Waals surface area contributed by atoms with Crippen molar-refractivity contribution in [1.82, 2.24) is 0 Å². The summed E-state index contributed by atoms with van der Waals surface area (Å²) in [4.78, 5) is 66.7. The number of phosphoric ester groups is 1. The number of phosphoric acid groups is 1. The Morgan fingerprint density at radius 3 is 0.967 bits per heavy atom. The van der Waals surface area contributed by atoms with Crippen LogP contribution in [0.25, 0.3) is 0 Å². The highest BCUT2D eigenvalue weighted by atomic mass is 31.2. The van der Waals surface area contributed by atoms with E-state index in [-0.39, 0.29) is 25.7 Å². The molecule has 19 unspecified atom stereocenters. The van der Waals surface area contributed by atoms with Crippen molar-refractivity contribution in [2.24, 2.45) is 5.92 Å². The third kappa shape index (κ3) is 54.8. The van der Waals surface area contributed by atoms with Crippen LogP contribution in [0.5, 0.6) is 0 Å². The second-order valence-corrected chi connectivity index (χ2v) is 38.0. The Morgan fingerprint density at radius 1 is 0.317 bits per heavy atom. The highest BCUT2D eigenvalue weighted by Crippen LogP contribution is 2.49. The fourth-order valence-corrected chi connectivity index (χ4v) is 18.1. The molecule has 0 aromatic carbocycles. The maximum Gasteiger partial charge on any atom is 0.472 e. The summed E-state index contributed by atoms with van der Waals surface area (Å²) < 4.78 is 73.8. The molecule has 0 bridgehead atoms. The SMILES string of the molecule is CCCCCCCCCCCCCCCCCCC(=O)OCC(COP(=O)(O)OC1C(OC2OC(CO)C(O)C(O)C2O)C(O)C(O)C(OC(=O)CCCCCCCCC(C)CCCCCCCC)C1OC1OC(COC(=O)CCCCCCCCCCCCCCCCCC)C(O)C(O)C1O)OC(=O)CCCCCCCCCCCCCCCCCC. The van der Waals surface area contributed by atoms with E-state index in [1.807, 2.05) is 0 Å². The molecular weight excluding hydrogens is 1600 g/mol. The molecule has 3 aliphatic rings. The van der Waals surface area contributed by atoms with Gasteiger partial charge in [0.2, 0.25) is 0 Å². The lowest BCUT2D eigenvalue weighted by molar-refractivity contribution is -0.360. The van der Waals surface area contributed by atoms with E-state index in [0.29, 0.717) is 38.0 Å². The smallest absolute Gasteiger partial charge is 0.463 e. The second-order valence-electron chi connectivity index (χ2n) is 36.6. The molecule has 3 fully saturated rings. The number of aliphatic hydroxyl groups excluding tert-OH is 9. The van der Waals surface area contributed by atoms with E-state index in [4.69, 9.17) is 46.9 Å². The van der Waals surface area contributed by atoms with E-state index in [1.54, 1.807) is 0 Å². The van der Waals surface area contributed by atoms with E-state index >= 15 is 0 Å². The maximum absolute atomic E-state index is 15.0. The molecule has 0 aromatic heterocycles. The van der Waals surface area contributed by atoms with E-state index in [0.717, 1.165) is 128 Å². The van der Waals surface area contributed by atoms with Crippen LogP contribution in [-0.4, -0.2) is 205 Å². The van der Waals surface area contributed by atoms with Crippen molar-refractivity contribution in [2.45, 2.75) is 563 Å². The van der Waals surface area contributed by atoms with Crippen molar-refractivity contribution in [3.05, 3.63) is 0 Å². The molecule has 123 heavy (non-hydrogen) atoms. The van der Waals surface area contributed by atoms with E-state index in [2.05, 4.69) is 34.6 Å². The van der Waals surface area contributed by atoms with Crippen LogP contribution in [0.4, 0.5) is 0 Å². The monoisotopic (exact) mass is 1780 g/mol. The molecule has 726 valence electrons. The molecule has 0 spiro atoms. The van der Waals surface area contributed by atoms with Gasteiger partial charge in [-0.15, -0.1) is 0 Å². The van der Waals surface area contributed by atoms with Crippen molar-refractivity contribution in [3.8, 4) is 0 Å². The molecule has 0 aromatic rings. The van der Waals surface area contributed by atoms with Crippen molar-refractivity contribution in [2.75, 3.05) is 26.4 Å². The molecule has 25 nitrogen and oxygen atoms in total. The number of unbranched alkanes of at least 4 members (excludes halogenated alkanes) is 55. The fraction of sp³-hybridized carbons (Fsp3) is 0.959. The van der Waals surface area contributed by atoms with Crippen molar-refractivity contribution in [1.29, 1.82) is 0 Å². The molecule has 0 amide bonds. The molecule has 19 atom stereocenters. The summed E-state index contributed by atoms with van der Waals surface area (Å²) >= 11 is 0. The van der Waals surface area contributed by atoms with Crippen LogP contribution in [0.2, 0.25) is 0 Å². The molecular formula is C97H183O25P. The first-order valence-corrected chi connectivity index (χ1v) is 52.2. The minimum absolute atomic E-state index is 0.0200. The maximum atomic E-state index is 15.0. The van der Waals surface area contributed by atoms with Gasteiger partial charge in [-0.25, -0.2) is 4.57 Å². The lowest BCUT2D eigenvalue weighted by Crippen LogP contribution is -2.70. The van der Waals surface area contributed by atoms with E-state index < -0.39 is 162 Å². The van der Waals surface area contributed by atoms with Gasteiger partial charge in [-0.3, -0.25) is 28.2 Å². The van der Waals surface area contributed by atoms with E-state index in [9.17, 15) is 74.6 Å². The van der Waals surface area contributed by atoms with Crippen molar-refractivity contribution < 1.29 is 122 Å². The molecule has 10 N–H and O–H groups in total. The highest BCUT2D eigenvalue weighted by molar-refractivity contribution is 7.47. The van der Waals surface area contributed by atoms with Crippen LogP contribution in [0.15, 0.2) is 0 Å². The van der Waals surface area contributed by atoms with Gasteiger partial charge in [0, 0.05) is 25.7 Å². The minimum atomic E-state index is -5.81. The van der Waals surface area contributed by atoms with Gasteiger partial charge in [-0.2, -0.15) is 0 Å². The first-order valence-electron chi connectivity index (χ1n) is 50.7. The molecule has 2 aliphatic heterocycles. The highest BCUT2D eigenvalue weighted by Gasteiger charge is 2.60. The van der Waals surface area contributed by atoms with Gasteiger partial charge in [0.1, 0.15) is 92.6 Å². The van der Waals surface area contributed by atoms with Crippen molar-refractivity contribution in [3.63, 3.8) is 0 Å². The third-order valence-electron chi connectivity index (χ3n) is 25.3. The summed E-state index contributed by atoms with van der Waals surface area (Å²) in [6.07, 6.45) is 33.5. The first kappa shape index (κ1) is 115. The predicted molar refractivity (Wildman–Crippen MR) is 481 cm³/mol. The van der Waals surface area contributed by atoms with Crippen LogP contribution < -0.4 is 0 Å². The summed E-state index contributed by atoms with van der Waals surface area (Å²) in [5.41, 5.74) is 0. The zero-order chi connectivity index (χ0) is 89.8. The molecule has 26 heteroatoms. The van der Waals surface area contributed by atoms with Gasteiger partial charge in [0.15, 0.2) is 24.8 Å². The third-order valence-corrected chi connectivity index (χ3v) is 26.2. The molecule has 2 heterocycles. The number of aliphatic hydroxyl groups is 9. The zero-order valence-electron chi connectivity index (χ0n) is 77.9. The number of hydrogen-bond acceptors (Lipinski definition) is 24. The fourth-order valence-electron chi connectivity index (χ4n) is 17.2. The number of esters is 4. The van der Waals surface area contributed by atoms with E-state index in [1.165, 1.54) is 238 Å². The molecule has 0 radical (unpaired) electrons. The molecule has 3 rings (SSSR count). The Balaban J connectivity index is 1.89. The first-order chi connectivity index (χ1) is 59.6. The number of carbonyl (C=O) groups is 4. The Kier molecular flexibility index (Phi) is 70.0. The average molecular weight is 1780 g/mol. The summed E-state index contributed by atoms with van der Waals surface area (Å²) in [7, 11) is -5.81. The molecule has 1 saturated carbocycles. The Hall–Kier alpha value is -2.53. The quantitative estimate of drug-likeness (QED) is 0.0117. The zero-order valence-corrected chi connectivity index (χ0v) is 78.8. The lowest BCUT2D eigenvalue weighted by Gasteiger charge is -2.50. The van der Waals surface area contributed by atoms with Gasteiger partial charge >= 0.3 is 31.7 Å². The number of rotatable bonds is 83. The summed E-state index contributed by atoms with van der Waals surface area (Å²) in [6.45, 7) is 7.98. The van der Waals surface area contributed by atoms with Gasteiger partial charge in [-0.1, -0.05) is 407 Å². The Bertz CT molecular complexity index is 2560. The van der Waals surface area contributed by atoms with Gasteiger partial charge in [0.25, 0.3) is 0 Å². The van der Waals surface area contributed by atoms with Gasteiger partial charge in [0.05, 0.1) is 13.2 Å². The number of carbonyl (C=O) groups excluding carboxylic acids is 4. The van der Waals surface area contributed by atoms with Crippen LogP contribution in [0, 0.1) is 5.92 Å². The normalized spacial score (nSPS) is 24.6. The lowest BCUT2D eigenvalue weighted by atomic mass is 9.84. The standard InChI is InChI=1S/C97H183O25P/c1-6-10-14-18-22-25-28-31-34-37-40-43-46-49-56-62-68-80(99)113-73-77(116-82(101)70-64-58-51-48-45-42-39-36-33-30-27-24-20-16-12-8-3)74-115-123(111,112)122-95-93(120-96-90(109)86(105)84(103)78(72-98)117-96)89(108)88(107)92(119-83(102)71-65-59-53-52-55-61-67-76(5)66-60-54-21-17-13-9-4)94(95)121-97-91(110)87(106)85(104)79(118-97)75-114-81(100)69-63-57-50-47-44-41-38-35-32-29-26-23-19-15-11-7-2/h76-79,84-98,103-110H,6-75H2,1-5H3,(H,111,112). The average Bonchev–Trinajstić information content (AvgIpc) is 0.753. The second kappa shape index (κ2) is 75.1. The minimum Gasteiger partial charge on any atom is -0.463 e. The number of hydrogen-bond donors (Lipinski definition) is 10. The van der Waals surface area contributed by atoms with Crippen LogP contribution >= 0.6 is 7.82 Å². The molecule has 1 aliphatic carbocycles.